The molecule has 35 heavy (non-hydrogen) atoms. The van der Waals surface area contributed by atoms with Crippen molar-refractivity contribution in [3.05, 3.63) is 41.4 Å². The fourth-order valence-corrected chi connectivity index (χ4v) is 9.22. The number of likely N-dealkylation sites (N-methyl/N-ethyl adjacent to an activating group) is 1. The van der Waals surface area contributed by atoms with E-state index >= 15 is 0 Å². The van der Waals surface area contributed by atoms with Crippen LogP contribution in [0, 0.1) is 28.6 Å². The van der Waals surface area contributed by atoms with Gasteiger partial charge in [-0.05, 0) is 67.8 Å². The van der Waals surface area contributed by atoms with Gasteiger partial charge < -0.3 is 9.47 Å². The molecular formula is C27H35N5O2S. The molecule has 7 atom stereocenters. The van der Waals surface area contributed by atoms with Crippen LogP contribution in [0.1, 0.15) is 74.5 Å². The molecule has 1 aliphatic heterocycles. The van der Waals surface area contributed by atoms with Gasteiger partial charge in [-0.2, -0.15) is 0 Å². The van der Waals surface area contributed by atoms with Crippen LogP contribution >= 0.6 is 11.3 Å². The van der Waals surface area contributed by atoms with E-state index in [1.807, 2.05) is 25.1 Å². The first-order chi connectivity index (χ1) is 16.7. The van der Waals surface area contributed by atoms with E-state index in [9.17, 15) is 9.59 Å². The zero-order chi connectivity index (χ0) is 24.5. The van der Waals surface area contributed by atoms with E-state index in [2.05, 4.69) is 35.6 Å². The Morgan fingerprint density at radius 2 is 1.97 bits per heavy atom. The number of thiazole rings is 1. The number of imidazole rings is 1. The number of aryl methyl sites for hydroxylation is 1. The van der Waals surface area contributed by atoms with E-state index in [1.54, 1.807) is 17.1 Å². The van der Waals surface area contributed by atoms with E-state index in [1.165, 1.54) is 37.0 Å². The zero-order valence-electron chi connectivity index (χ0n) is 21.0. The van der Waals surface area contributed by atoms with Crippen LogP contribution < -0.4 is 5.32 Å². The minimum absolute atomic E-state index is 0.0782. The van der Waals surface area contributed by atoms with Gasteiger partial charge in [0.1, 0.15) is 5.69 Å². The van der Waals surface area contributed by atoms with E-state index in [-0.39, 0.29) is 22.6 Å². The first-order valence-electron chi connectivity index (χ1n) is 12.9. The summed E-state index contributed by atoms with van der Waals surface area (Å²) in [5, 5.41) is 5.80. The topological polar surface area (TPSA) is 80.1 Å². The van der Waals surface area contributed by atoms with E-state index in [4.69, 9.17) is 4.98 Å². The third-order valence-electron chi connectivity index (χ3n) is 10.3. The van der Waals surface area contributed by atoms with Crippen LogP contribution in [0.2, 0.25) is 0 Å². The van der Waals surface area contributed by atoms with E-state index in [0.717, 1.165) is 18.5 Å². The van der Waals surface area contributed by atoms with Gasteiger partial charge in [0.25, 0.3) is 5.91 Å². The van der Waals surface area contributed by atoms with Gasteiger partial charge in [0.15, 0.2) is 5.13 Å². The van der Waals surface area contributed by atoms with Crippen LogP contribution in [-0.2, 0) is 11.8 Å². The number of nitrogens with zero attached hydrogens (tertiary/aromatic N) is 4. The van der Waals surface area contributed by atoms with Crippen molar-refractivity contribution in [2.45, 2.75) is 64.3 Å². The highest BCUT2D eigenvalue weighted by Crippen LogP contribution is 2.67. The number of hydrogen-bond donors (Lipinski definition) is 1. The summed E-state index contributed by atoms with van der Waals surface area (Å²) < 4.78 is 1.72. The predicted molar refractivity (Wildman–Crippen MR) is 136 cm³/mol. The SMILES string of the molecule is CN1C(=O)C=C[C@]2(C)[C@H]3CC[C@]4(C)[C@@H](c5csc(NC(=O)c6cncn6C)n5)CC[C@H]4[C@@H]3CC[C@@H]12. The molecule has 0 spiro atoms. The molecule has 2 amide bonds. The van der Waals surface area contributed by atoms with Crippen molar-refractivity contribution in [3.8, 4) is 0 Å². The number of aromatic nitrogens is 3. The van der Waals surface area contributed by atoms with Crippen LogP contribution in [-0.4, -0.2) is 44.3 Å². The summed E-state index contributed by atoms with van der Waals surface area (Å²) in [5.74, 6) is 2.44. The number of rotatable bonds is 3. The quantitative estimate of drug-likeness (QED) is 0.663. The molecule has 7 nitrogen and oxygen atoms in total. The smallest absolute Gasteiger partial charge is 0.275 e. The van der Waals surface area contributed by atoms with Crippen molar-refractivity contribution in [2.75, 3.05) is 12.4 Å². The predicted octanol–water partition coefficient (Wildman–Crippen LogP) is 4.85. The van der Waals surface area contributed by atoms with Crippen LogP contribution in [0.4, 0.5) is 5.13 Å². The summed E-state index contributed by atoms with van der Waals surface area (Å²) in [7, 11) is 3.80. The summed E-state index contributed by atoms with van der Waals surface area (Å²) in [4.78, 5) is 35.9. The minimum Gasteiger partial charge on any atom is -0.338 e. The second-order valence-corrected chi connectivity index (χ2v) is 12.6. The van der Waals surface area contributed by atoms with Crippen molar-refractivity contribution in [3.63, 3.8) is 0 Å². The average molecular weight is 494 g/mol. The van der Waals surface area contributed by atoms with Gasteiger partial charge in [0.05, 0.1) is 18.2 Å². The zero-order valence-corrected chi connectivity index (χ0v) is 21.8. The number of fused-ring (bicyclic) bond motifs is 5. The number of carbonyl (C=O) groups excluding carboxylic acids is 2. The van der Waals surface area contributed by atoms with Gasteiger partial charge in [-0.25, -0.2) is 9.97 Å². The Morgan fingerprint density at radius 1 is 1.14 bits per heavy atom. The summed E-state index contributed by atoms with van der Waals surface area (Å²) in [6.45, 7) is 4.90. The number of nitrogens with one attached hydrogen (secondary N) is 1. The van der Waals surface area contributed by atoms with Crippen LogP contribution in [0.25, 0.3) is 0 Å². The Hall–Kier alpha value is -2.48. The van der Waals surface area contributed by atoms with Crippen molar-refractivity contribution >= 4 is 28.3 Å². The Morgan fingerprint density at radius 3 is 2.74 bits per heavy atom. The van der Waals surface area contributed by atoms with Gasteiger partial charge in [-0.3, -0.25) is 14.9 Å². The number of anilines is 1. The highest BCUT2D eigenvalue weighted by Gasteiger charge is 2.60. The molecule has 0 aromatic carbocycles. The molecule has 3 saturated carbocycles. The van der Waals surface area contributed by atoms with Crippen LogP contribution in [0.3, 0.4) is 0 Å². The van der Waals surface area contributed by atoms with Crippen molar-refractivity contribution in [1.82, 2.24) is 19.4 Å². The first-order valence-corrected chi connectivity index (χ1v) is 13.8. The maximum Gasteiger partial charge on any atom is 0.275 e. The summed E-state index contributed by atoms with van der Waals surface area (Å²) in [6, 6.07) is 0.326. The summed E-state index contributed by atoms with van der Waals surface area (Å²) in [5.41, 5.74) is 1.99. The van der Waals surface area contributed by atoms with Gasteiger partial charge in [-0.15, -0.1) is 11.3 Å². The maximum absolute atomic E-state index is 12.6. The third kappa shape index (κ3) is 3.35. The van der Waals surface area contributed by atoms with Gasteiger partial charge >= 0.3 is 0 Å². The van der Waals surface area contributed by atoms with Gasteiger partial charge in [0.2, 0.25) is 5.91 Å². The monoisotopic (exact) mass is 493 g/mol. The van der Waals surface area contributed by atoms with Gasteiger partial charge in [-0.1, -0.05) is 19.9 Å². The van der Waals surface area contributed by atoms with E-state index in [0.29, 0.717) is 40.5 Å². The molecule has 0 saturated heterocycles. The lowest BCUT2D eigenvalue weighted by molar-refractivity contribution is -0.138. The standard InChI is InChI=1S/C27H35N5O2S/c1-26-11-9-18-16(5-8-22-27(18,2)12-10-23(33)32(22)4)17(26)6-7-19(26)20-14-35-25(29-20)30-24(34)21-13-28-15-31(21)3/h10,12-19,22H,5-9,11H2,1-4H3,(H,29,30,34)/t16-,17-,18-,19+,22+,26-,27+/m0/s1. The lowest BCUT2D eigenvalue weighted by Crippen LogP contribution is -2.59. The van der Waals surface area contributed by atoms with Crippen molar-refractivity contribution in [1.29, 1.82) is 0 Å². The van der Waals surface area contributed by atoms with Crippen molar-refractivity contribution < 1.29 is 9.59 Å². The van der Waals surface area contributed by atoms with Crippen molar-refractivity contribution in [2.24, 2.45) is 35.6 Å². The normalized spacial score (nSPS) is 38.1. The fraction of sp³-hybridized carbons (Fsp3) is 0.630. The molecule has 3 aliphatic carbocycles. The second kappa shape index (κ2) is 8.02. The molecule has 0 radical (unpaired) electrons. The lowest BCUT2D eigenvalue weighted by atomic mass is 9.47. The largest absolute Gasteiger partial charge is 0.338 e. The Labute approximate surface area is 211 Å². The Balaban J connectivity index is 1.22. The molecule has 0 bridgehead atoms. The molecule has 2 aromatic rings. The Kier molecular flexibility index (Phi) is 5.26. The first kappa shape index (κ1) is 23.0. The second-order valence-electron chi connectivity index (χ2n) is 11.7. The van der Waals surface area contributed by atoms with Crippen LogP contribution in [0.5, 0.6) is 0 Å². The third-order valence-corrected chi connectivity index (χ3v) is 11.1. The molecule has 3 fully saturated rings. The molecule has 6 rings (SSSR count). The average Bonchev–Trinajstić information content (AvgIpc) is 3.54. The molecule has 2 aromatic heterocycles. The lowest BCUT2D eigenvalue weighted by Gasteiger charge is -2.60. The minimum atomic E-state index is -0.170. The summed E-state index contributed by atoms with van der Waals surface area (Å²) >= 11 is 1.52. The fourth-order valence-electron chi connectivity index (χ4n) is 8.47. The molecule has 3 heterocycles. The maximum atomic E-state index is 12.6. The summed E-state index contributed by atoms with van der Waals surface area (Å²) in [6.07, 6.45) is 14.4. The van der Waals surface area contributed by atoms with E-state index < -0.39 is 0 Å². The van der Waals surface area contributed by atoms with Crippen LogP contribution in [0.15, 0.2) is 30.1 Å². The molecule has 1 N–H and O–H groups in total. The number of hydrogen-bond acceptors (Lipinski definition) is 5. The Bertz CT molecular complexity index is 1200. The molecule has 4 aliphatic rings. The molecule has 0 unspecified atom stereocenters. The highest BCUT2D eigenvalue weighted by atomic mass is 32.1. The number of carbonyl (C=O) groups is 2. The number of amides is 2. The molecule has 8 heteroatoms. The van der Waals surface area contributed by atoms with Gasteiger partial charge in [0, 0.05) is 36.9 Å². The highest BCUT2D eigenvalue weighted by molar-refractivity contribution is 7.14. The molecule has 186 valence electrons. The molecular weight excluding hydrogens is 458 g/mol.